The van der Waals surface area contributed by atoms with Crippen LogP contribution in [0, 0.1) is 17.5 Å². The predicted octanol–water partition coefficient (Wildman–Crippen LogP) is 3.19. The zero-order chi connectivity index (χ0) is 14.0. The smallest absolute Gasteiger partial charge is 0.171 e. The molecule has 19 heavy (non-hydrogen) atoms. The quantitative estimate of drug-likeness (QED) is 0.926. The number of ether oxygens (including phenoxy) is 1. The lowest BCUT2D eigenvalue weighted by molar-refractivity contribution is 0.206. The van der Waals surface area contributed by atoms with Gasteiger partial charge in [-0.05, 0) is 12.1 Å². The normalized spacial score (nSPS) is 12.3. The van der Waals surface area contributed by atoms with Crippen molar-refractivity contribution in [1.29, 1.82) is 0 Å². The van der Waals surface area contributed by atoms with Crippen LogP contribution in [-0.2, 0) is 0 Å². The minimum atomic E-state index is -1.61. The molecule has 2 nitrogen and oxygen atoms in total. The molecule has 1 unspecified atom stereocenters. The van der Waals surface area contributed by atoms with Gasteiger partial charge in [-0.2, -0.15) is 0 Å². The molecule has 2 aromatic carbocycles. The molecule has 1 atom stereocenters. The van der Waals surface area contributed by atoms with Crippen molar-refractivity contribution in [3.63, 3.8) is 0 Å². The van der Waals surface area contributed by atoms with Gasteiger partial charge < -0.3 is 9.84 Å². The van der Waals surface area contributed by atoms with E-state index in [-0.39, 0.29) is 16.9 Å². The summed E-state index contributed by atoms with van der Waals surface area (Å²) < 4.78 is 45.4. The van der Waals surface area contributed by atoms with Gasteiger partial charge in [-0.15, -0.1) is 0 Å². The molecule has 0 aromatic heterocycles. The van der Waals surface area contributed by atoms with E-state index in [0.29, 0.717) is 0 Å². The van der Waals surface area contributed by atoms with Crippen molar-refractivity contribution in [2.75, 3.05) is 7.11 Å². The monoisotopic (exact) mass is 268 g/mol. The average molecular weight is 268 g/mol. The Morgan fingerprint density at radius 1 is 0.947 bits per heavy atom. The molecule has 100 valence electrons. The van der Waals surface area contributed by atoms with E-state index in [1.165, 1.54) is 37.4 Å². The van der Waals surface area contributed by atoms with Crippen molar-refractivity contribution in [3.05, 3.63) is 65.0 Å². The van der Waals surface area contributed by atoms with Crippen molar-refractivity contribution in [2.24, 2.45) is 0 Å². The summed E-state index contributed by atoms with van der Waals surface area (Å²) in [6.45, 7) is 0. The lowest BCUT2D eigenvalue weighted by Crippen LogP contribution is -2.07. The van der Waals surface area contributed by atoms with Crippen LogP contribution < -0.4 is 4.74 Å². The Hall–Kier alpha value is -2.01. The van der Waals surface area contributed by atoms with Gasteiger partial charge in [-0.1, -0.05) is 24.3 Å². The zero-order valence-electron chi connectivity index (χ0n) is 10.0. The second kappa shape index (κ2) is 5.32. The number of benzene rings is 2. The highest BCUT2D eigenvalue weighted by atomic mass is 19.2. The first-order valence-electron chi connectivity index (χ1n) is 5.50. The fourth-order valence-corrected chi connectivity index (χ4v) is 1.80. The first-order valence-corrected chi connectivity index (χ1v) is 5.50. The van der Waals surface area contributed by atoms with E-state index < -0.39 is 23.6 Å². The molecule has 5 heteroatoms. The molecule has 0 amide bonds. The van der Waals surface area contributed by atoms with E-state index in [1.807, 2.05) is 0 Å². The number of rotatable bonds is 3. The minimum Gasteiger partial charge on any atom is -0.494 e. The van der Waals surface area contributed by atoms with Crippen LogP contribution in [0.1, 0.15) is 17.2 Å². The molecule has 0 aliphatic rings. The van der Waals surface area contributed by atoms with Gasteiger partial charge >= 0.3 is 0 Å². The summed E-state index contributed by atoms with van der Waals surface area (Å²) in [5.41, 5.74) is -0.504. The van der Waals surface area contributed by atoms with Crippen molar-refractivity contribution in [3.8, 4) is 5.75 Å². The third-order valence-corrected chi connectivity index (χ3v) is 2.78. The maximum absolute atomic E-state index is 13.9. The largest absolute Gasteiger partial charge is 0.494 e. The van der Waals surface area contributed by atoms with Crippen molar-refractivity contribution < 1.29 is 23.0 Å². The number of hydrogen-bond donors (Lipinski definition) is 1. The summed E-state index contributed by atoms with van der Waals surface area (Å²) in [6.07, 6.45) is -1.61. The zero-order valence-corrected chi connectivity index (χ0v) is 10.0. The van der Waals surface area contributed by atoms with E-state index in [0.717, 1.165) is 6.07 Å². The summed E-state index contributed by atoms with van der Waals surface area (Å²) >= 11 is 0. The molecule has 0 spiro atoms. The van der Waals surface area contributed by atoms with Gasteiger partial charge in [0.15, 0.2) is 23.2 Å². The topological polar surface area (TPSA) is 29.5 Å². The molecule has 1 N–H and O–H groups in total. The molecule has 0 saturated heterocycles. The van der Waals surface area contributed by atoms with Crippen molar-refractivity contribution in [2.45, 2.75) is 6.10 Å². The molecular formula is C14H11F3O2. The first kappa shape index (κ1) is 13.4. The standard InChI is InChI=1S/C14H11F3O2/c1-19-11-7-3-5-9(13(11)17)14(18)8-4-2-6-10(15)12(8)16/h2-7,14,18H,1H3. The average Bonchev–Trinajstić information content (AvgIpc) is 2.41. The van der Waals surface area contributed by atoms with E-state index in [4.69, 9.17) is 4.74 Å². The van der Waals surface area contributed by atoms with Crippen molar-refractivity contribution in [1.82, 2.24) is 0 Å². The van der Waals surface area contributed by atoms with Gasteiger partial charge in [-0.3, -0.25) is 0 Å². The summed E-state index contributed by atoms with van der Waals surface area (Å²) in [6, 6.07) is 7.47. The minimum absolute atomic E-state index is 0.0756. The van der Waals surface area contributed by atoms with Crippen LogP contribution >= 0.6 is 0 Å². The maximum atomic E-state index is 13.9. The van der Waals surface area contributed by atoms with Crippen LogP contribution in [0.4, 0.5) is 13.2 Å². The number of aliphatic hydroxyl groups is 1. The maximum Gasteiger partial charge on any atom is 0.171 e. The summed E-state index contributed by atoms with van der Waals surface area (Å²) in [5.74, 6) is -3.17. The van der Waals surface area contributed by atoms with Crippen LogP contribution in [0.15, 0.2) is 36.4 Å². The fraction of sp³-hybridized carbons (Fsp3) is 0.143. The Balaban J connectivity index is 2.50. The molecule has 0 aliphatic carbocycles. The SMILES string of the molecule is COc1cccc(C(O)c2cccc(F)c2F)c1F. The molecule has 2 aromatic rings. The number of hydrogen-bond acceptors (Lipinski definition) is 2. The molecule has 0 radical (unpaired) electrons. The van der Waals surface area contributed by atoms with E-state index in [2.05, 4.69) is 0 Å². The fourth-order valence-electron chi connectivity index (χ4n) is 1.80. The van der Waals surface area contributed by atoms with Gasteiger partial charge in [-0.25, -0.2) is 13.2 Å². The summed E-state index contributed by atoms with van der Waals surface area (Å²) in [5, 5.41) is 10.00. The highest BCUT2D eigenvalue weighted by molar-refractivity contribution is 5.37. The Morgan fingerprint density at radius 3 is 2.16 bits per heavy atom. The molecule has 0 saturated carbocycles. The van der Waals surface area contributed by atoms with Gasteiger partial charge in [0.25, 0.3) is 0 Å². The molecule has 0 fully saturated rings. The molecule has 0 bridgehead atoms. The van der Waals surface area contributed by atoms with Crippen LogP contribution in [0.25, 0.3) is 0 Å². The predicted molar refractivity (Wildman–Crippen MR) is 63.4 cm³/mol. The van der Waals surface area contributed by atoms with Gasteiger partial charge in [0.1, 0.15) is 6.10 Å². The Kier molecular flexibility index (Phi) is 3.76. The van der Waals surface area contributed by atoms with Gasteiger partial charge in [0.05, 0.1) is 7.11 Å². The first-order chi connectivity index (χ1) is 9.06. The Bertz CT molecular complexity index is 599. The number of aliphatic hydroxyl groups excluding tert-OH is 1. The summed E-state index contributed by atoms with van der Waals surface area (Å²) in [7, 11) is 1.28. The van der Waals surface area contributed by atoms with Crippen LogP contribution in [0.3, 0.4) is 0 Å². The van der Waals surface area contributed by atoms with Crippen molar-refractivity contribution >= 4 is 0 Å². The number of halogens is 3. The number of methoxy groups -OCH3 is 1. The second-order valence-electron chi connectivity index (χ2n) is 3.91. The van der Waals surface area contributed by atoms with Crippen LogP contribution in [-0.4, -0.2) is 12.2 Å². The Morgan fingerprint density at radius 2 is 1.53 bits per heavy atom. The van der Waals surface area contributed by atoms with E-state index in [9.17, 15) is 18.3 Å². The van der Waals surface area contributed by atoms with Crippen LogP contribution in [0.5, 0.6) is 5.75 Å². The second-order valence-corrected chi connectivity index (χ2v) is 3.91. The van der Waals surface area contributed by atoms with Crippen LogP contribution in [0.2, 0.25) is 0 Å². The third kappa shape index (κ3) is 2.42. The highest BCUT2D eigenvalue weighted by Crippen LogP contribution is 2.30. The van der Waals surface area contributed by atoms with Gasteiger partial charge in [0, 0.05) is 11.1 Å². The summed E-state index contributed by atoms with van der Waals surface area (Å²) in [4.78, 5) is 0. The lowest BCUT2D eigenvalue weighted by Gasteiger charge is -2.15. The lowest BCUT2D eigenvalue weighted by atomic mass is 10.00. The van der Waals surface area contributed by atoms with E-state index >= 15 is 0 Å². The Labute approximate surface area is 108 Å². The molecule has 0 heterocycles. The molecule has 2 rings (SSSR count). The molecule has 0 aliphatic heterocycles. The highest BCUT2D eigenvalue weighted by Gasteiger charge is 2.22. The third-order valence-electron chi connectivity index (χ3n) is 2.78. The van der Waals surface area contributed by atoms with Gasteiger partial charge in [0.2, 0.25) is 0 Å². The molecular weight excluding hydrogens is 257 g/mol. The van der Waals surface area contributed by atoms with E-state index in [1.54, 1.807) is 0 Å².